The topological polar surface area (TPSA) is 99.1 Å². The minimum absolute atomic E-state index is 0.370. The van der Waals surface area contributed by atoms with Crippen molar-refractivity contribution in [1.82, 2.24) is 14.5 Å². The molecule has 1 aromatic heterocycles. The summed E-state index contributed by atoms with van der Waals surface area (Å²) in [5, 5.41) is 2.67. The minimum atomic E-state index is -0.885. The smallest absolute Gasteiger partial charge is 0.337 e. The van der Waals surface area contributed by atoms with Gasteiger partial charge < -0.3 is 11.1 Å². The third kappa shape index (κ3) is 4.38. The lowest BCUT2D eigenvalue weighted by Crippen LogP contribution is -2.54. The van der Waals surface area contributed by atoms with E-state index in [9.17, 15) is 14.4 Å². The number of benzene rings is 1. The Morgan fingerprint density at radius 2 is 1.83 bits per heavy atom. The summed E-state index contributed by atoms with van der Waals surface area (Å²) in [7, 11) is 0. The highest BCUT2D eigenvalue weighted by molar-refractivity contribution is 5.93. The number of nitrogens with one attached hydrogen (secondary N) is 1. The summed E-state index contributed by atoms with van der Waals surface area (Å²) in [6, 6.07) is 4.11. The van der Waals surface area contributed by atoms with Gasteiger partial charge in [0.15, 0.2) is 0 Å². The number of rotatable bonds is 4. The van der Waals surface area contributed by atoms with Gasteiger partial charge in [-0.05, 0) is 48.8 Å². The van der Waals surface area contributed by atoms with Crippen molar-refractivity contribution in [3.8, 4) is 0 Å². The first-order chi connectivity index (χ1) is 13.6. The number of imidazole rings is 1. The lowest BCUT2D eigenvalue weighted by molar-refractivity contribution is -0.122. The van der Waals surface area contributed by atoms with Crippen LogP contribution in [0.1, 0.15) is 58.4 Å². The Labute approximate surface area is 171 Å². The summed E-state index contributed by atoms with van der Waals surface area (Å²) in [5.41, 5.74) is 6.89. The lowest BCUT2D eigenvalue weighted by atomic mass is 9.86. The standard InChI is InChI=1S/C22H32N4O3/c1-14-10-11-16-17(12-14)25(13-15-8-6-5-7-9-15)21(29)26(16)20(28)24-18(19(23)27)22(2,3)4/h10-12,15,18H,5-9,13H2,1-4H3,(H2,23,27)(H,24,28). The van der Waals surface area contributed by atoms with E-state index in [4.69, 9.17) is 5.73 Å². The summed E-state index contributed by atoms with van der Waals surface area (Å²) in [6.45, 7) is 8.04. The molecule has 1 aliphatic carbocycles. The minimum Gasteiger partial charge on any atom is -0.368 e. The first kappa shape index (κ1) is 21.1. The van der Waals surface area contributed by atoms with Gasteiger partial charge in [0, 0.05) is 6.54 Å². The molecule has 0 aliphatic heterocycles. The predicted molar refractivity (Wildman–Crippen MR) is 114 cm³/mol. The van der Waals surface area contributed by atoms with Gasteiger partial charge in [0.25, 0.3) is 0 Å². The Kier molecular flexibility index (Phi) is 5.87. The van der Waals surface area contributed by atoms with Crippen LogP contribution in [0.2, 0.25) is 0 Å². The Morgan fingerprint density at radius 1 is 1.17 bits per heavy atom. The molecule has 3 N–H and O–H groups in total. The highest BCUT2D eigenvalue weighted by atomic mass is 16.2. The molecule has 1 atom stereocenters. The van der Waals surface area contributed by atoms with E-state index in [1.807, 2.05) is 39.8 Å². The summed E-state index contributed by atoms with van der Waals surface area (Å²) < 4.78 is 2.85. The molecule has 1 fully saturated rings. The van der Waals surface area contributed by atoms with E-state index < -0.39 is 23.4 Å². The third-order valence-corrected chi connectivity index (χ3v) is 5.87. The van der Waals surface area contributed by atoms with Gasteiger partial charge >= 0.3 is 11.7 Å². The summed E-state index contributed by atoms with van der Waals surface area (Å²) in [4.78, 5) is 38.2. The molecule has 2 aromatic rings. The molecule has 3 rings (SSSR count). The van der Waals surface area contributed by atoms with Crippen molar-refractivity contribution in [2.24, 2.45) is 17.1 Å². The molecular weight excluding hydrogens is 368 g/mol. The number of aryl methyl sites for hydroxylation is 1. The highest BCUT2D eigenvalue weighted by Gasteiger charge is 2.32. The van der Waals surface area contributed by atoms with Gasteiger partial charge in [0.2, 0.25) is 5.91 Å². The number of hydrogen-bond donors (Lipinski definition) is 2. The molecule has 7 heteroatoms. The molecule has 1 unspecified atom stereocenters. The highest BCUT2D eigenvalue weighted by Crippen LogP contribution is 2.26. The van der Waals surface area contributed by atoms with Gasteiger partial charge in [-0.2, -0.15) is 0 Å². The van der Waals surface area contributed by atoms with E-state index in [-0.39, 0.29) is 5.69 Å². The van der Waals surface area contributed by atoms with Crippen LogP contribution in [0.15, 0.2) is 23.0 Å². The summed E-state index contributed by atoms with van der Waals surface area (Å²) in [5.74, 6) is -0.183. The van der Waals surface area contributed by atoms with Crippen molar-refractivity contribution in [1.29, 1.82) is 0 Å². The van der Waals surface area contributed by atoms with Crippen molar-refractivity contribution < 1.29 is 9.59 Å². The Morgan fingerprint density at radius 3 is 2.41 bits per heavy atom. The number of carbonyl (C=O) groups excluding carboxylic acids is 2. The quantitative estimate of drug-likeness (QED) is 0.824. The number of nitrogens with zero attached hydrogens (tertiary/aromatic N) is 2. The van der Waals surface area contributed by atoms with E-state index in [0.717, 1.165) is 28.5 Å². The van der Waals surface area contributed by atoms with Crippen LogP contribution in [0.3, 0.4) is 0 Å². The average Bonchev–Trinajstić information content (AvgIpc) is 2.90. The maximum absolute atomic E-state index is 13.3. The van der Waals surface area contributed by atoms with Crippen LogP contribution in [0.4, 0.5) is 4.79 Å². The predicted octanol–water partition coefficient (Wildman–Crippen LogP) is 3.15. The molecule has 0 saturated heterocycles. The van der Waals surface area contributed by atoms with Crippen molar-refractivity contribution >= 4 is 23.0 Å². The van der Waals surface area contributed by atoms with E-state index >= 15 is 0 Å². The summed E-state index contributed by atoms with van der Waals surface area (Å²) >= 11 is 0. The number of aromatic nitrogens is 2. The van der Waals surface area contributed by atoms with Gasteiger partial charge in [-0.1, -0.05) is 46.1 Å². The fourth-order valence-corrected chi connectivity index (χ4v) is 4.27. The molecule has 2 amide bonds. The molecule has 7 nitrogen and oxygen atoms in total. The second kappa shape index (κ2) is 8.05. The first-order valence-corrected chi connectivity index (χ1v) is 10.4. The molecule has 29 heavy (non-hydrogen) atoms. The Balaban J connectivity index is 2.03. The first-order valence-electron chi connectivity index (χ1n) is 10.4. The van der Waals surface area contributed by atoms with Gasteiger partial charge in [0.05, 0.1) is 11.0 Å². The molecule has 1 heterocycles. The van der Waals surface area contributed by atoms with Crippen LogP contribution < -0.4 is 16.7 Å². The second-order valence-corrected chi connectivity index (χ2v) is 9.38. The van der Waals surface area contributed by atoms with E-state index in [0.29, 0.717) is 18.0 Å². The SMILES string of the molecule is Cc1ccc2c(c1)n(CC1CCCCC1)c(=O)n2C(=O)NC(C(N)=O)C(C)(C)C. The zero-order chi connectivity index (χ0) is 21.3. The maximum atomic E-state index is 13.3. The van der Waals surface area contributed by atoms with E-state index in [1.165, 1.54) is 19.3 Å². The molecule has 0 spiro atoms. The summed E-state index contributed by atoms with van der Waals surface area (Å²) in [6.07, 6.45) is 5.82. The Bertz CT molecular complexity index is 974. The number of hydrogen-bond acceptors (Lipinski definition) is 3. The van der Waals surface area contributed by atoms with Gasteiger partial charge in [-0.3, -0.25) is 9.36 Å². The fraction of sp³-hybridized carbons (Fsp3) is 0.591. The van der Waals surface area contributed by atoms with E-state index in [2.05, 4.69) is 5.32 Å². The molecule has 1 saturated carbocycles. The molecule has 1 aliphatic rings. The number of primary amides is 1. The van der Waals surface area contributed by atoms with Gasteiger partial charge in [-0.25, -0.2) is 14.2 Å². The lowest BCUT2D eigenvalue weighted by Gasteiger charge is -2.28. The monoisotopic (exact) mass is 400 g/mol. The van der Waals surface area contributed by atoms with Crippen LogP contribution in [0.5, 0.6) is 0 Å². The number of nitrogens with two attached hydrogens (primary N) is 1. The number of fused-ring (bicyclic) bond motifs is 1. The van der Waals surface area contributed by atoms with Crippen LogP contribution in [-0.4, -0.2) is 27.1 Å². The Hall–Kier alpha value is -2.57. The molecular formula is C22H32N4O3. The van der Waals surface area contributed by atoms with Crippen molar-refractivity contribution in [3.05, 3.63) is 34.2 Å². The van der Waals surface area contributed by atoms with Crippen LogP contribution in [0.25, 0.3) is 11.0 Å². The van der Waals surface area contributed by atoms with Crippen molar-refractivity contribution in [3.63, 3.8) is 0 Å². The zero-order valence-electron chi connectivity index (χ0n) is 17.8. The zero-order valence-corrected chi connectivity index (χ0v) is 17.8. The number of amides is 2. The van der Waals surface area contributed by atoms with Crippen LogP contribution in [0, 0.1) is 18.3 Å². The van der Waals surface area contributed by atoms with Crippen molar-refractivity contribution in [2.45, 2.75) is 72.4 Å². The van der Waals surface area contributed by atoms with E-state index in [1.54, 1.807) is 10.6 Å². The molecule has 0 bridgehead atoms. The molecule has 1 aromatic carbocycles. The molecule has 0 radical (unpaired) electrons. The largest absolute Gasteiger partial charge is 0.368 e. The van der Waals surface area contributed by atoms with Crippen LogP contribution in [-0.2, 0) is 11.3 Å². The number of carbonyl (C=O) groups is 2. The van der Waals surface area contributed by atoms with Crippen LogP contribution >= 0.6 is 0 Å². The fourth-order valence-electron chi connectivity index (χ4n) is 4.27. The van der Waals surface area contributed by atoms with Gasteiger partial charge in [0.1, 0.15) is 6.04 Å². The second-order valence-electron chi connectivity index (χ2n) is 9.38. The van der Waals surface area contributed by atoms with Crippen molar-refractivity contribution in [2.75, 3.05) is 0 Å². The van der Waals surface area contributed by atoms with Gasteiger partial charge in [-0.15, -0.1) is 0 Å². The normalized spacial score (nSPS) is 16.7. The third-order valence-electron chi connectivity index (χ3n) is 5.87. The maximum Gasteiger partial charge on any atom is 0.337 e. The average molecular weight is 401 g/mol. The molecule has 158 valence electrons.